The second kappa shape index (κ2) is 8.91. The summed E-state index contributed by atoms with van der Waals surface area (Å²) in [5.41, 5.74) is 2.99. The van der Waals surface area contributed by atoms with Crippen molar-refractivity contribution in [3.63, 3.8) is 0 Å². The number of rotatable bonds is 6. The summed E-state index contributed by atoms with van der Waals surface area (Å²) in [6.45, 7) is 0. The Kier molecular flexibility index (Phi) is 6.34. The number of hydrogen-bond donors (Lipinski definition) is 2. The highest BCUT2D eigenvalue weighted by Crippen LogP contribution is 2.23. The largest absolute Gasteiger partial charge is 0.480 e. The molecule has 0 aliphatic heterocycles. The van der Waals surface area contributed by atoms with Gasteiger partial charge < -0.3 is 10.4 Å². The normalized spacial score (nSPS) is 11.6. The number of halogens is 2. The lowest BCUT2D eigenvalue weighted by Crippen LogP contribution is -2.42. The molecule has 0 unspecified atom stereocenters. The third kappa shape index (κ3) is 4.91. The maximum absolute atomic E-state index is 12.5. The maximum Gasteiger partial charge on any atom is 0.326 e. The Morgan fingerprint density at radius 2 is 1.54 bits per heavy atom. The molecular weight excluding hydrogens is 397 g/mol. The number of nitrogens with one attached hydrogen (secondary N) is 1. The number of carboxylic acids is 1. The van der Waals surface area contributed by atoms with Crippen LogP contribution in [0, 0.1) is 0 Å². The average Bonchev–Trinajstić information content (AvgIpc) is 2.70. The molecule has 3 aromatic rings. The Bertz CT molecular complexity index is 988. The number of amides is 1. The highest BCUT2D eigenvalue weighted by atomic mass is 35.5. The number of carbonyl (C=O) groups excluding carboxylic acids is 1. The second-order valence-corrected chi connectivity index (χ2v) is 7.09. The minimum atomic E-state index is -1.14. The van der Waals surface area contributed by atoms with Gasteiger partial charge in [-0.2, -0.15) is 0 Å². The Labute approximate surface area is 172 Å². The van der Waals surface area contributed by atoms with Gasteiger partial charge in [0.15, 0.2) is 0 Å². The van der Waals surface area contributed by atoms with Crippen LogP contribution >= 0.6 is 23.2 Å². The van der Waals surface area contributed by atoms with Crippen molar-refractivity contribution in [1.29, 1.82) is 0 Å². The molecule has 0 saturated carbocycles. The van der Waals surface area contributed by atoms with Crippen LogP contribution in [0.15, 0.2) is 72.8 Å². The molecule has 2 N–H and O–H groups in total. The highest BCUT2D eigenvalue weighted by Gasteiger charge is 2.22. The smallest absolute Gasteiger partial charge is 0.326 e. The van der Waals surface area contributed by atoms with Crippen molar-refractivity contribution in [3.8, 4) is 11.1 Å². The first-order valence-corrected chi connectivity index (χ1v) is 9.32. The topological polar surface area (TPSA) is 66.4 Å². The molecule has 0 saturated heterocycles. The second-order valence-electron chi connectivity index (χ2n) is 6.25. The summed E-state index contributed by atoms with van der Waals surface area (Å²) in [5, 5.41) is 12.9. The van der Waals surface area contributed by atoms with Gasteiger partial charge >= 0.3 is 5.97 Å². The minimum absolute atomic E-state index is 0.0547. The number of aliphatic carboxylic acids is 1. The lowest BCUT2D eigenvalue weighted by Gasteiger charge is -2.16. The van der Waals surface area contributed by atoms with Gasteiger partial charge in [-0.15, -0.1) is 0 Å². The fourth-order valence-corrected chi connectivity index (χ4v) is 3.28. The van der Waals surface area contributed by atoms with E-state index >= 15 is 0 Å². The molecule has 0 aromatic heterocycles. The number of carbonyl (C=O) groups is 2. The van der Waals surface area contributed by atoms with Gasteiger partial charge in [0.2, 0.25) is 0 Å². The van der Waals surface area contributed by atoms with Gasteiger partial charge in [0.05, 0.1) is 0 Å². The molecular formula is C22H17Cl2NO3. The molecule has 4 nitrogen and oxygen atoms in total. The van der Waals surface area contributed by atoms with E-state index in [1.165, 1.54) is 0 Å². The van der Waals surface area contributed by atoms with E-state index in [4.69, 9.17) is 23.2 Å². The van der Waals surface area contributed by atoms with Crippen LogP contribution in [0.25, 0.3) is 11.1 Å². The molecule has 3 rings (SSSR count). The first-order valence-electron chi connectivity index (χ1n) is 8.57. The first-order chi connectivity index (χ1) is 13.4. The summed E-state index contributed by atoms with van der Waals surface area (Å²) >= 11 is 12.0. The molecule has 0 aliphatic carbocycles. The lowest BCUT2D eigenvalue weighted by molar-refractivity contribution is -0.139. The predicted molar refractivity (Wildman–Crippen MR) is 111 cm³/mol. The summed E-state index contributed by atoms with van der Waals surface area (Å²) in [6.07, 6.45) is 0.0547. The monoisotopic (exact) mass is 413 g/mol. The molecule has 0 bridgehead atoms. The molecule has 142 valence electrons. The van der Waals surface area contributed by atoms with Crippen molar-refractivity contribution in [3.05, 3.63) is 94.0 Å². The summed E-state index contributed by atoms with van der Waals surface area (Å²) in [5.74, 6) is -1.60. The SMILES string of the molecule is O=C(N[C@@H](Cc1ccc(Cl)cc1Cl)C(=O)O)c1ccc(-c2ccccc2)cc1. The zero-order chi connectivity index (χ0) is 20.1. The predicted octanol–water partition coefficient (Wildman–Crippen LogP) is 5.09. The van der Waals surface area contributed by atoms with Crippen molar-refractivity contribution < 1.29 is 14.7 Å². The summed E-state index contributed by atoms with van der Waals surface area (Å²) in [4.78, 5) is 24.1. The fraction of sp³-hybridized carbons (Fsp3) is 0.0909. The van der Waals surface area contributed by atoms with Crippen LogP contribution < -0.4 is 5.32 Å². The van der Waals surface area contributed by atoms with E-state index < -0.39 is 17.9 Å². The van der Waals surface area contributed by atoms with Gasteiger partial charge in [0.25, 0.3) is 5.91 Å². The Balaban J connectivity index is 1.73. The summed E-state index contributed by atoms with van der Waals surface area (Å²) in [7, 11) is 0. The van der Waals surface area contributed by atoms with E-state index in [1.54, 1.807) is 30.3 Å². The van der Waals surface area contributed by atoms with E-state index in [2.05, 4.69) is 5.32 Å². The van der Waals surface area contributed by atoms with E-state index in [9.17, 15) is 14.7 Å². The van der Waals surface area contributed by atoms with Crippen molar-refractivity contribution in [2.75, 3.05) is 0 Å². The quantitative estimate of drug-likeness (QED) is 0.591. The van der Waals surface area contributed by atoms with Crippen LogP contribution in [0.2, 0.25) is 10.0 Å². The zero-order valence-corrected chi connectivity index (χ0v) is 16.2. The summed E-state index contributed by atoms with van der Waals surface area (Å²) < 4.78 is 0. The fourth-order valence-electron chi connectivity index (χ4n) is 2.79. The third-order valence-corrected chi connectivity index (χ3v) is 4.88. The molecule has 0 spiro atoms. The lowest BCUT2D eigenvalue weighted by atomic mass is 10.0. The van der Waals surface area contributed by atoms with Gasteiger partial charge in [-0.25, -0.2) is 4.79 Å². The summed E-state index contributed by atoms with van der Waals surface area (Å²) in [6, 6.07) is 20.5. The van der Waals surface area contributed by atoms with Crippen LogP contribution in [-0.4, -0.2) is 23.0 Å². The minimum Gasteiger partial charge on any atom is -0.480 e. The number of benzene rings is 3. The Morgan fingerprint density at radius 1 is 0.893 bits per heavy atom. The molecule has 1 amide bonds. The highest BCUT2D eigenvalue weighted by molar-refractivity contribution is 6.35. The number of hydrogen-bond acceptors (Lipinski definition) is 2. The first kappa shape index (κ1) is 19.9. The van der Waals surface area contributed by atoms with Crippen LogP contribution in [0.4, 0.5) is 0 Å². The Morgan fingerprint density at radius 3 is 2.14 bits per heavy atom. The maximum atomic E-state index is 12.5. The molecule has 0 heterocycles. The van der Waals surface area contributed by atoms with Gasteiger partial charge in [-0.05, 0) is 41.0 Å². The van der Waals surface area contributed by atoms with Gasteiger partial charge in [0.1, 0.15) is 6.04 Å². The molecule has 0 radical (unpaired) electrons. The third-order valence-electron chi connectivity index (χ3n) is 4.30. The van der Waals surface area contributed by atoms with Crippen LogP contribution in [0.5, 0.6) is 0 Å². The molecule has 28 heavy (non-hydrogen) atoms. The van der Waals surface area contributed by atoms with E-state index in [0.29, 0.717) is 21.2 Å². The van der Waals surface area contributed by atoms with E-state index in [-0.39, 0.29) is 6.42 Å². The van der Waals surface area contributed by atoms with Crippen molar-refractivity contribution in [1.82, 2.24) is 5.32 Å². The number of carboxylic acid groups (broad SMARTS) is 1. The molecule has 0 aliphatic rings. The molecule has 6 heteroatoms. The van der Waals surface area contributed by atoms with Gasteiger partial charge in [-0.3, -0.25) is 4.79 Å². The average molecular weight is 414 g/mol. The van der Waals surface area contributed by atoms with Crippen molar-refractivity contribution >= 4 is 35.1 Å². The van der Waals surface area contributed by atoms with Gasteiger partial charge in [0, 0.05) is 22.0 Å². The van der Waals surface area contributed by atoms with Crippen LogP contribution in [0.3, 0.4) is 0 Å². The molecule has 0 fully saturated rings. The van der Waals surface area contributed by atoms with E-state index in [0.717, 1.165) is 11.1 Å². The van der Waals surface area contributed by atoms with Crippen LogP contribution in [-0.2, 0) is 11.2 Å². The van der Waals surface area contributed by atoms with Crippen molar-refractivity contribution in [2.24, 2.45) is 0 Å². The van der Waals surface area contributed by atoms with Crippen molar-refractivity contribution in [2.45, 2.75) is 12.5 Å². The van der Waals surface area contributed by atoms with Gasteiger partial charge in [-0.1, -0.05) is 71.7 Å². The molecule has 3 aromatic carbocycles. The van der Waals surface area contributed by atoms with E-state index in [1.807, 2.05) is 42.5 Å². The standard InChI is InChI=1S/C22H17Cl2NO3/c23-18-11-10-17(19(24)13-18)12-20(22(27)28)25-21(26)16-8-6-15(7-9-16)14-4-2-1-3-5-14/h1-11,13,20H,12H2,(H,25,26)(H,27,28)/t20-/m0/s1. The Hall–Kier alpha value is -2.82. The zero-order valence-electron chi connectivity index (χ0n) is 14.7. The molecule has 1 atom stereocenters. The van der Waals surface area contributed by atoms with Crippen LogP contribution in [0.1, 0.15) is 15.9 Å².